The number of nitrogens with zero attached hydrogens (tertiary/aromatic N) is 2. The van der Waals surface area contributed by atoms with Crippen molar-refractivity contribution in [3.63, 3.8) is 0 Å². The van der Waals surface area contributed by atoms with E-state index in [0.29, 0.717) is 17.7 Å². The maximum atomic E-state index is 14.0. The molecular formula is C36H32N4O6. The van der Waals surface area contributed by atoms with Crippen LogP contribution in [0.1, 0.15) is 28.3 Å². The summed E-state index contributed by atoms with van der Waals surface area (Å²) in [5, 5.41) is 28.4. The third kappa shape index (κ3) is 5.90. The summed E-state index contributed by atoms with van der Waals surface area (Å²) in [6.45, 7) is 0.368. The van der Waals surface area contributed by atoms with Crippen molar-refractivity contribution in [1.82, 2.24) is 10.2 Å². The second kappa shape index (κ2) is 12.8. The number of aliphatic carboxylic acids is 1. The van der Waals surface area contributed by atoms with Gasteiger partial charge in [0.2, 0.25) is 11.8 Å². The largest absolute Gasteiger partial charge is 0.480 e. The topological polar surface area (TPSA) is 142 Å². The summed E-state index contributed by atoms with van der Waals surface area (Å²) in [4.78, 5) is 53.0. The van der Waals surface area contributed by atoms with Gasteiger partial charge in [-0.3, -0.25) is 34.7 Å². The van der Waals surface area contributed by atoms with Gasteiger partial charge in [-0.2, -0.15) is 0 Å². The normalized spacial score (nSPS) is 22.3. The zero-order valence-corrected chi connectivity index (χ0v) is 24.8. The second-order valence-corrected chi connectivity index (χ2v) is 11.5. The number of para-hydroxylation sites is 1. The number of anilines is 1. The Morgan fingerprint density at radius 3 is 2.09 bits per heavy atom. The Bertz CT molecular complexity index is 1780. The lowest BCUT2D eigenvalue weighted by Crippen LogP contribution is -2.57. The number of carbonyl (C=O) groups excluding carboxylic acids is 2. The van der Waals surface area contributed by atoms with E-state index in [2.05, 4.69) is 10.6 Å². The first kappa shape index (κ1) is 30.4. The molecule has 0 radical (unpaired) electrons. The number of nitro groups is 1. The van der Waals surface area contributed by atoms with Crippen molar-refractivity contribution in [2.24, 2.45) is 11.8 Å². The first-order valence-corrected chi connectivity index (χ1v) is 15.0. The Balaban J connectivity index is 1.32. The highest BCUT2D eigenvalue weighted by Crippen LogP contribution is 2.50. The van der Waals surface area contributed by atoms with E-state index in [4.69, 9.17) is 0 Å². The monoisotopic (exact) mass is 616 g/mol. The molecule has 2 saturated heterocycles. The molecule has 2 aliphatic heterocycles. The summed E-state index contributed by atoms with van der Waals surface area (Å²) >= 11 is 0. The van der Waals surface area contributed by atoms with Crippen LogP contribution in [0.4, 0.5) is 11.4 Å². The van der Waals surface area contributed by atoms with E-state index >= 15 is 0 Å². The summed E-state index contributed by atoms with van der Waals surface area (Å²) in [5.74, 6) is -4.39. The smallest absolute Gasteiger partial charge is 0.325 e. The third-order valence-corrected chi connectivity index (χ3v) is 8.76. The van der Waals surface area contributed by atoms with Crippen molar-refractivity contribution in [2.75, 3.05) is 18.4 Å². The molecule has 232 valence electrons. The minimum Gasteiger partial charge on any atom is -0.480 e. The average molecular weight is 617 g/mol. The van der Waals surface area contributed by atoms with Crippen molar-refractivity contribution >= 4 is 41.3 Å². The van der Waals surface area contributed by atoms with Crippen LogP contribution in [-0.4, -0.2) is 51.3 Å². The number of hydrogen-bond donors (Lipinski definition) is 3. The third-order valence-electron chi connectivity index (χ3n) is 8.76. The Labute approximate surface area is 265 Å². The van der Waals surface area contributed by atoms with Crippen LogP contribution in [0.3, 0.4) is 0 Å². The van der Waals surface area contributed by atoms with Gasteiger partial charge in [-0.05, 0) is 34.4 Å². The molecule has 2 amide bonds. The van der Waals surface area contributed by atoms with Crippen LogP contribution >= 0.6 is 0 Å². The van der Waals surface area contributed by atoms with Crippen molar-refractivity contribution in [3.05, 3.63) is 142 Å². The zero-order valence-electron chi connectivity index (χ0n) is 24.8. The van der Waals surface area contributed by atoms with Crippen LogP contribution in [0.2, 0.25) is 0 Å². The van der Waals surface area contributed by atoms with Gasteiger partial charge in [0.25, 0.3) is 5.69 Å². The fraction of sp³-hybridized carbons (Fsp3) is 0.194. The predicted octanol–water partition coefficient (Wildman–Crippen LogP) is 5.19. The van der Waals surface area contributed by atoms with E-state index < -0.39 is 46.1 Å². The predicted molar refractivity (Wildman–Crippen MR) is 173 cm³/mol. The summed E-state index contributed by atoms with van der Waals surface area (Å²) in [6.07, 6.45) is 3.80. The fourth-order valence-electron chi connectivity index (χ4n) is 6.50. The summed E-state index contributed by atoms with van der Waals surface area (Å²) in [6, 6.07) is 31.5. The fourth-order valence-corrected chi connectivity index (χ4v) is 6.50. The van der Waals surface area contributed by atoms with E-state index in [1.54, 1.807) is 0 Å². The highest BCUT2D eigenvalue weighted by Gasteiger charge is 2.68. The lowest BCUT2D eigenvalue weighted by atomic mass is 9.76. The number of amides is 2. The highest BCUT2D eigenvalue weighted by molar-refractivity contribution is 6.09. The molecule has 6 rings (SSSR count). The first-order valence-electron chi connectivity index (χ1n) is 15.0. The molecular weight excluding hydrogens is 584 g/mol. The van der Waals surface area contributed by atoms with Crippen LogP contribution in [0, 0.1) is 22.0 Å². The molecule has 0 spiro atoms. The van der Waals surface area contributed by atoms with Gasteiger partial charge < -0.3 is 10.4 Å². The van der Waals surface area contributed by atoms with Gasteiger partial charge in [-0.1, -0.05) is 97.1 Å². The van der Waals surface area contributed by atoms with Crippen LogP contribution in [0.25, 0.3) is 12.2 Å². The van der Waals surface area contributed by atoms with Crippen LogP contribution in [0.5, 0.6) is 0 Å². The number of non-ortho nitro benzene ring substituents is 1. The molecule has 0 aliphatic carbocycles. The van der Waals surface area contributed by atoms with Gasteiger partial charge in [0.1, 0.15) is 5.54 Å². The number of carboxylic acids is 1. The van der Waals surface area contributed by atoms with Gasteiger partial charge in [-0.25, -0.2) is 0 Å². The van der Waals surface area contributed by atoms with Gasteiger partial charge in [0.05, 0.1) is 16.8 Å². The molecule has 4 aromatic carbocycles. The Morgan fingerprint density at radius 1 is 0.870 bits per heavy atom. The number of carboxylic acid groups (broad SMARTS) is 1. The molecule has 0 saturated carbocycles. The highest BCUT2D eigenvalue weighted by atomic mass is 16.6. The zero-order chi connectivity index (χ0) is 32.3. The van der Waals surface area contributed by atoms with E-state index in [0.717, 1.165) is 16.8 Å². The molecule has 46 heavy (non-hydrogen) atoms. The standard InChI is InChI=1S/C36H32N4O6/c41-33-30-31(34(42)39(33)22-21-37-28-9-5-2-6-10-28)36(35(43)44,23-26-15-19-29(20-16-26)40(45)46)38-32(30)27-17-13-25(14-18-27)12-11-24-7-3-1-4-8-24/h1-20,30-32,37-38H,21-23H2,(H,43,44)/b12-11+. The SMILES string of the molecule is O=C1C2C(c3ccc(/C=C/c4ccccc4)cc3)NC(Cc3ccc([N+](=O)[O-])cc3)(C(=O)O)C2C(=O)N1CCNc1ccccc1. The van der Waals surface area contributed by atoms with Gasteiger partial charge in [-0.15, -0.1) is 0 Å². The van der Waals surface area contributed by atoms with E-state index in [1.165, 1.54) is 29.2 Å². The minimum atomic E-state index is -1.83. The van der Waals surface area contributed by atoms with Gasteiger partial charge in [0.15, 0.2) is 0 Å². The molecule has 10 heteroatoms. The molecule has 4 aromatic rings. The molecule has 4 unspecified atom stereocenters. The van der Waals surface area contributed by atoms with Gasteiger partial charge >= 0.3 is 5.97 Å². The quantitative estimate of drug-likeness (QED) is 0.0905. The summed E-state index contributed by atoms with van der Waals surface area (Å²) in [5.41, 5.74) is 2.01. The van der Waals surface area contributed by atoms with Crippen molar-refractivity contribution < 1.29 is 24.4 Å². The van der Waals surface area contributed by atoms with E-state index in [1.807, 2.05) is 97.1 Å². The lowest BCUT2D eigenvalue weighted by molar-refractivity contribution is -0.384. The number of hydrogen-bond acceptors (Lipinski definition) is 7. The molecule has 0 bridgehead atoms. The molecule has 4 atom stereocenters. The Hall–Kier alpha value is -5.61. The number of carbonyl (C=O) groups is 3. The van der Waals surface area contributed by atoms with Crippen molar-refractivity contribution in [3.8, 4) is 0 Å². The molecule has 2 fully saturated rings. The van der Waals surface area contributed by atoms with E-state index in [-0.39, 0.29) is 18.7 Å². The van der Waals surface area contributed by atoms with Crippen molar-refractivity contribution in [2.45, 2.75) is 18.0 Å². The first-order chi connectivity index (χ1) is 22.3. The Kier molecular flexibility index (Phi) is 8.45. The number of nitrogens with one attached hydrogen (secondary N) is 2. The maximum Gasteiger partial charge on any atom is 0.325 e. The molecule has 3 N–H and O–H groups in total. The Morgan fingerprint density at radius 2 is 1.48 bits per heavy atom. The van der Waals surface area contributed by atoms with E-state index in [9.17, 15) is 29.6 Å². The van der Waals surface area contributed by atoms with Crippen LogP contribution in [0.15, 0.2) is 109 Å². The van der Waals surface area contributed by atoms with Crippen LogP contribution in [-0.2, 0) is 20.8 Å². The van der Waals surface area contributed by atoms with Crippen molar-refractivity contribution in [1.29, 1.82) is 0 Å². The summed E-state index contributed by atoms with van der Waals surface area (Å²) in [7, 11) is 0. The number of imide groups is 1. The number of benzene rings is 4. The second-order valence-electron chi connectivity index (χ2n) is 11.5. The minimum absolute atomic E-state index is 0.0722. The molecule has 10 nitrogen and oxygen atoms in total. The molecule has 0 aromatic heterocycles. The molecule has 2 heterocycles. The number of rotatable bonds is 11. The maximum absolute atomic E-state index is 14.0. The lowest BCUT2D eigenvalue weighted by Gasteiger charge is -2.31. The van der Waals surface area contributed by atoms with Gasteiger partial charge in [0, 0.05) is 43.4 Å². The summed E-state index contributed by atoms with van der Waals surface area (Å²) < 4.78 is 0. The number of likely N-dealkylation sites (tertiary alicyclic amines) is 1. The molecule has 2 aliphatic rings. The number of nitro benzene ring substituents is 1. The number of fused-ring (bicyclic) bond motifs is 1. The van der Waals surface area contributed by atoms with Crippen LogP contribution < -0.4 is 10.6 Å². The average Bonchev–Trinajstić information content (AvgIpc) is 3.54.